The molecule has 1 rings (SSSR count). The molecule has 0 aliphatic carbocycles. The lowest BCUT2D eigenvalue weighted by Gasteiger charge is -2.13. The fourth-order valence-corrected chi connectivity index (χ4v) is 0.739. The fourth-order valence-electron chi connectivity index (χ4n) is 0.523. The molecule has 0 radical (unpaired) electrons. The van der Waals surface area contributed by atoms with Crippen molar-refractivity contribution in [2.75, 3.05) is 6.54 Å². The summed E-state index contributed by atoms with van der Waals surface area (Å²) in [7, 11) is 0. The van der Waals surface area contributed by atoms with Crippen molar-refractivity contribution in [2.45, 2.75) is 6.42 Å². The van der Waals surface area contributed by atoms with Crippen molar-refractivity contribution in [3.05, 3.63) is 0 Å². The summed E-state index contributed by atoms with van der Waals surface area (Å²) in [4.78, 5) is 10.4. The van der Waals surface area contributed by atoms with Crippen LogP contribution in [0.15, 0.2) is 0 Å². The average Bonchev–Trinajstić information content (AvgIpc) is 1.64. The number of carbonyl (C=O) groups is 1. The number of rotatable bonds is 0. The van der Waals surface area contributed by atoms with Crippen LogP contribution < -0.4 is 10.6 Å². The van der Waals surface area contributed by atoms with Gasteiger partial charge in [-0.3, -0.25) is 4.79 Å². The van der Waals surface area contributed by atoms with Gasteiger partial charge in [-0.15, -0.1) is 0 Å². The second kappa shape index (κ2) is 2.09. The van der Waals surface area contributed by atoms with Crippen LogP contribution >= 0.6 is 12.2 Å². The van der Waals surface area contributed by atoms with E-state index in [2.05, 4.69) is 22.9 Å². The van der Waals surface area contributed by atoms with Crippen molar-refractivity contribution < 1.29 is 4.79 Å². The topological polar surface area (TPSA) is 41.1 Å². The number of hydrogen-bond donors (Lipinski definition) is 2. The van der Waals surface area contributed by atoms with Crippen molar-refractivity contribution >= 4 is 23.2 Å². The van der Waals surface area contributed by atoms with Gasteiger partial charge in [-0.05, 0) is 12.2 Å². The molecule has 3 nitrogen and oxygen atoms in total. The lowest BCUT2D eigenvalue weighted by Crippen LogP contribution is -2.46. The maximum atomic E-state index is 10.4. The lowest BCUT2D eigenvalue weighted by atomic mass is 10.4. The Morgan fingerprint density at radius 1 is 1.62 bits per heavy atom. The van der Waals surface area contributed by atoms with Crippen LogP contribution in [0.25, 0.3) is 0 Å². The minimum absolute atomic E-state index is 0.00810. The normalized spacial score (nSPS) is 19.5. The minimum Gasteiger partial charge on any atom is -0.362 e. The number of thiocarbonyl (C=S) groups is 1. The Kier molecular flexibility index (Phi) is 1.43. The van der Waals surface area contributed by atoms with Crippen LogP contribution in [0.2, 0.25) is 0 Å². The minimum atomic E-state index is 0.00810. The molecule has 1 heterocycles. The Morgan fingerprint density at radius 3 is 2.75 bits per heavy atom. The van der Waals surface area contributed by atoms with E-state index < -0.39 is 0 Å². The molecule has 4 heteroatoms. The molecule has 0 bridgehead atoms. The summed E-state index contributed by atoms with van der Waals surface area (Å²) in [5, 5.41) is 5.72. The smallest absolute Gasteiger partial charge is 0.227 e. The van der Waals surface area contributed by atoms with Crippen LogP contribution in [0.3, 0.4) is 0 Å². The number of hydrogen-bond acceptors (Lipinski definition) is 2. The Labute approximate surface area is 52.4 Å². The number of nitrogens with one attached hydrogen (secondary N) is 2. The van der Waals surface area contributed by atoms with E-state index in [1.165, 1.54) is 0 Å². The Morgan fingerprint density at radius 2 is 2.38 bits per heavy atom. The van der Waals surface area contributed by atoms with E-state index in [9.17, 15) is 4.79 Å². The van der Waals surface area contributed by atoms with E-state index in [0.717, 1.165) is 0 Å². The highest BCUT2D eigenvalue weighted by Gasteiger charge is 2.08. The highest BCUT2D eigenvalue weighted by molar-refractivity contribution is 7.80. The molecule has 0 spiro atoms. The summed E-state index contributed by atoms with van der Waals surface area (Å²) in [5.41, 5.74) is 0. The van der Waals surface area contributed by atoms with E-state index in [-0.39, 0.29) is 5.91 Å². The van der Waals surface area contributed by atoms with Crippen LogP contribution in [-0.2, 0) is 4.79 Å². The molecule has 0 aromatic carbocycles. The van der Waals surface area contributed by atoms with Gasteiger partial charge in [0.15, 0.2) is 5.11 Å². The summed E-state index contributed by atoms with van der Waals surface area (Å²) in [6.07, 6.45) is 0.528. The van der Waals surface area contributed by atoms with Gasteiger partial charge in [0.25, 0.3) is 0 Å². The Balaban J connectivity index is 2.45. The molecule has 1 saturated heterocycles. The molecule has 0 aromatic heterocycles. The summed E-state index contributed by atoms with van der Waals surface area (Å²) >= 11 is 4.64. The molecule has 1 aliphatic rings. The lowest BCUT2D eigenvalue weighted by molar-refractivity contribution is -0.120. The molecule has 2 N–H and O–H groups in total. The van der Waals surface area contributed by atoms with E-state index in [4.69, 9.17) is 0 Å². The third-order valence-corrected chi connectivity index (χ3v) is 1.14. The summed E-state index contributed by atoms with van der Waals surface area (Å²) < 4.78 is 0. The first-order chi connectivity index (χ1) is 3.79. The van der Waals surface area contributed by atoms with Crippen molar-refractivity contribution in [3.63, 3.8) is 0 Å². The standard InChI is InChI=1S/C4H6N2OS/c7-3-1-2-5-4(8)6-3/h1-2H2,(H2,5,6,7,8). The van der Waals surface area contributed by atoms with Gasteiger partial charge in [0.2, 0.25) is 5.91 Å². The third-order valence-electron chi connectivity index (χ3n) is 0.891. The molecule has 0 saturated carbocycles. The molecule has 0 atom stereocenters. The molecule has 44 valence electrons. The second-order valence-electron chi connectivity index (χ2n) is 1.55. The van der Waals surface area contributed by atoms with Gasteiger partial charge in [-0.1, -0.05) is 0 Å². The van der Waals surface area contributed by atoms with Crippen LogP contribution in [-0.4, -0.2) is 17.6 Å². The molecular weight excluding hydrogens is 124 g/mol. The highest BCUT2D eigenvalue weighted by atomic mass is 32.1. The zero-order valence-electron chi connectivity index (χ0n) is 4.23. The quantitative estimate of drug-likeness (QED) is 0.429. The fraction of sp³-hybridized carbons (Fsp3) is 0.500. The molecular formula is C4H6N2OS. The summed E-state index contributed by atoms with van der Waals surface area (Å²) in [6.45, 7) is 0.671. The third kappa shape index (κ3) is 1.16. The summed E-state index contributed by atoms with van der Waals surface area (Å²) in [6, 6.07) is 0. The van der Waals surface area contributed by atoms with Gasteiger partial charge >= 0.3 is 0 Å². The van der Waals surface area contributed by atoms with Gasteiger partial charge in [0, 0.05) is 13.0 Å². The first-order valence-corrected chi connectivity index (χ1v) is 2.77. The molecule has 0 aromatic rings. The molecule has 1 amide bonds. The maximum absolute atomic E-state index is 10.4. The Bertz CT molecular complexity index is 120. The SMILES string of the molecule is O=C1CCNC(=S)N1. The van der Waals surface area contributed by atoms with Crippen molar-refractivity contribution in [1.82, 2.24) is 10.6 Å². The molecule has 1 fully saturated rings. The van der Waals surface area contributed by atoms with Crippen molar-refractivity contribution in [1.29, 1.82) is 0 Å². The second-order valence-corrected chi connectivity index (χ2v) is 1.96. The van der Waals surface area contributed by atoms with E-state index in [1.54, 1.807) is 0 Å². The van der Waals surface area contributed by atoms with Crippen LogP contribution in [0.1, 0.15) is 6.42 Å². The largest absolute Gasteiger partial charge is 0.362 e. The highest BCUT2D eigenvalue weighted by Crippen LogP contribution is 1.83. The van der Waals surface area contributed by atoms with Crippen LogP contribution in [0.5, 0.6) is 0 Å². The van der Waals surface area contributed by atoms with Crippen LogP contribution in [0.4, 0.5) is 0 Å². The first-order valence-electron chi connectivity index (χ1n) is 2.37. The van der Waals surface area contributed by atoms with Crippen molar-refractivity contribution in [3.8, 4) is 0 Å². The molecule has 1 aliphatic heterocycles. The number of amides is 1. The first kappa shape index (κ1) is 5.50. The van der Waals surface area contributed by atoms with E-state index >= 15 is 0 Å². The predicted octanol–water partition coefficient (Wildman–Crippen LogP) is -0.619. The monoisotopic (exact) mass is 130 g/mol. The zero-order chi connectivity index (χ0) is 5.98. The van der Waals surface area contributed by atoms with Crippen molar-refractivity contribution in [2.24, 2.45) is 0 Å². The molecule has 0 unspecified atom stereocenters. The van der Waals surface area contributed by atoms with Gasteiger partial charge < -0.3 is 10.6 Å². The Hall–Kier alpha value is -0.640. The maximum Gasteiger partial charge on any atom is 0.227 e. The summed E-state index contributed by atoms with van der Waals surface area (Å²) in [5.74, 6) is 0.00810. The van der Waals surface area contributed by atoms with Gasteiger partial charge in [0.1, 0.15) is 0 Å². The van der Waals surface area contributed by atoms with Gasteiger partial charge in [-0.2, -0.15) is 0 Å². The van der Waals surface area contributed by atoms with Gasteiger partial charge in [-0.25, -0.2) is 0 Å². The van der Waals surface area contributed by atoms with Gasteiger partial charge in [0.05, 0.1) is 0 Å². The average molecular weight is 130 g/mol. The number of carbonyl (C=O) groups excluding carboxylic acids is 1. The zero-order valence-corrected chi connectivity index (χ0v) is 5.05. The van der Waals surface area contributed by atoms with Crippen LogP contribution in [0, 0.1) is 0 Å². The van der Waals surface area contributed by atoms with E-state index in [0.29, 0.717) is 18.1 Å². The molecule has 8 heavy (non-hydrogen) atoms. The predicted molar refractivity (Wildman–Crippen MR) is 33.4 cm³/mol. The van der Waals surface area contributed by atoms with E-state index in [1.807, 2.05) is 0 Å².